The van der Waals surface area contributed by atoms with E-state index in [2.05, 4.69) is 15.5 Å². The molecule has 0 fully saturated rings. The molecule has 0 radical (unpaired) electrons. The average Bonchev–Trinajstić information content (AvgIpc) is 3.23. The first-order chi connectivity index (χ1) is 14.0. The summed E-state index contributed by atoms with van der Waals surface area (Å²) in [5.74, 6) is 1.07. The molecule has 1 heterocycles. The van der Waals surface area contributed by atoms with Crippen LogP contribution in [0.1, 0.15) is 18.1 Å². The summed E-state index contributed by atoms with van der Waals surface area (Å²) in [5, 5.41) is 10.8. The summed E-state index contributed by atoms with van der Waals surface area (Å²) in [6.07, 6.45) is 4.33. The van der Waals surface area contributed by atoms with E-state index < -0.39 is 0 Å². The van der Waals surface area contributed by atoms with Gasteiger partial charge in [-0.3, -0.25) is 4.79 Å². The number of nitrogens with one attached hydrogen (secondary N) is 1. The van der Waals surface area contributed by atoms with Crippen molar-refractivity contribution in [2.75, 3.05) is 19.0 Å². The fourth-order valence-electron chi connectivity index (χ4n) is 2.68. The number of rotatable bonds is 7. The number of methoxy groups -OCH3 is 1. The van der Waals surface area contributed by atoms with E-state index in [-0.39, 0.29) is 5.91 Å². The molecular formula is C21H20ClN3O4. The first-order valence-corrected chi connectivity index (χ1v) is 9.26. The van der Waals surface area contributed by atoms with Crippen LogP contribution in [0.2, 0.25) is 5.02 Å². The van der Waals surface area contributed by atoms with E-state index in [0.717, 1.165) is 11.1 Å². The van der Waals surface area contributed by atoms with Gasteiger partial charge in [-0.1, -0.05) is 17.7 Å². The van der Waals surface area contributed by atoms with Crippen LogP contribution < -0.4 is 14.8 Å². The predicted molar refractivity (Wildman–Crippen MR) is 111 cm³/mol. The molecule has 2 aromatic carbocycles. The van der Waals surface area contributed by atoms with Gasteiger partial charge in [0.25, 0.3) is 0 Å². The lowest BCUT2D eigenvalue weighted by molar-refractivity contribution is -0.111. The monoisotopic (exact) mass is 413 g/mol. The molecule has 0 saturated heterocycles. The number of hydrogen-bond donors (Lipinski definition) is 1. The van der Waals surface area contributed by atoms with E-state index in [1.807, 2.05) is 26.0 Å². The molecule has 0 unspecified atom stereocenters. The molecule has 0 bridgehead atoms. The maximum atomic E-state index is 12.4. The Bertz CT molecular complexity index is 1030. The second-order valence-electron chi connectivity index (χ2n) is 6.06. The number of benzene rings is 2. The Balaban J connectivity index is 1.77. The van der Waals surface area contributed by atoms with Crippen molar-refractivity contribution in [1.82, 2.24) is 10.2 Å². The first kappa shape index (κ1) is 20.4. The molecule has 8 heteroatoms. The maximum Gasteiger partial charge on any atom is 0.248 e. The second kappa shape index (κ2) is 9.25. The van der Waals surface area contributed by atoms with E-state index in [9.17, 15) is 4.79 Å². The molecule has 7 nitrogen and oxygen atoms in total. The van der Waals surface area contributed by atoms with Crippen molar-refractivity contribution in [1.29, 1.82) is 0 Å². The molecule has 0 aliphatic carbocycles. The van der Waals surface area contributed by atoms with Crippen molar-refractivity contribution in [2.45, 2.75) is 13.8 Å². The third-order valence-electron chi connectivity index (χ3n) is 4.07. The fourth-order valence-corrected chi connectivity index (χ4v) is 2.98. The molecule has 150 valence electrons. The number of hydrogen-bond acceptors (Lipinski definition) is 6. The van der Waals surface area contributed by atoms with Gasteiger partial charge >= 0.3 is 0 Å². The second-order valence-corrected chi connectivity index (χ2v) is 6.47. The van der Waals surface area contributed by atoms with Crippen LogP contribution in [0.5, 0.6) is 11.5 Å². The van der Waals surface area contributed by atoms with E-state index >= 15 is 0 Å². The van der Waals surface area contributed by atoms with Crippen LogP contribution >= 0.6 is 11.6 Å². The summed E-state index contributed by atoms with van der Waals surface area (Å²) >= 11 is 6.24. The van der Waals surface area contributed by atoms with Crippen LogP contribution in [0.25, 0.3) is 17.5 Å². The molecule has 0 aliphatic rings. The summed E-state index contributed by atoms with van der Waals surface area (Å²) in [4.78, 5) is 12.4. The van der Waals surface area contributed by atoms with E-state index in [4.69, 9.17) is 25.5 Å². The lowest BCUT2D eigenvalue weighted by Gasteiger charge is -2.12. The maximum absolute atomic E-state index is 12.4. The molecule has 3 aromatic rings. The Morgan fingerprint density at radius 3 is 2.83 bits per heavy atom. The number of carbonyl (C=O) groups is 1. The highest BCUT2D eigenvalue weighted by Gasteiger charge is 2.11. The molecule has 1 aromatic heterocycles. The van der Waals surface area contributed by atoms with Crippen molar-refractivity contribution in [3.63, 3.8) is 0 Å². The zero-order chi connectivity index (χ0) is 20.8. The van der Waals surface area contributed by atoms with Crippen LogP contribution in [-0.4, -0.2) is 29.8 Å². The van der Waals surface area contributed by atoms with Crippen molar-refractivity contribution in [3.05, 3.63) is 59.0 Å². The highest BCUT2D eigenvalue weighted by atomic mass is 35.5. The Morgan fingerprint density at radius 2 is 2.14 bits per heavy atom. The number of aryl methyl sites for hydroxylation is 1. The number of anilines is 1. The van der Waals surface area contributed by atoms with Crippen LogP contribution in [0.4, 0.5) is 5.69 Å². The van der Waals surface area contributed by atoms with Gasteiger partial charge in [0, 0.05) is 17.3 Å². The number of carbonyl (C=O) groups excluding carboxylic acids is 1. The van der Waals surface area contributed by atoms with Crippen molar-refractivity contribution in [2.24, 2.45) is 0 Å². The fraction of sp³-hybridized carbons (Fsp3) is 0.190. The molecule has 0 saturated carbocycles. The number of ether oxygens (including phenoxy) is 2. The largest absolute Gasteiger partial charge is 0.491 e. The van der Waals surface area contributed by atoms with Gasteiger partial charge in [0.05, 0.1) is 18.7 Å². The minimum Gasteiger partial charge on any atom is -0.491 e. The zero-order valence-corrected chi connectivity index (χ0v) is 17.0. The minimum absolute atomic E-state index is 0.291. The molecule has 0 atom stereocenters. The number of aromatic nitrogens is 2. The van der Waals surface area contributed by atoms with E-state index in [1.165, 1.54) is 19.6 Å². The summed E-state index contributed by atoms with van der Waals surface area (Å²) < 4.78 is 16.0. The third kappa shape index (κ3) is 4.94. The Labute approximate surface area is 173 Å². The van der Waals surface area contributed by atoms with Crippen LogP contribution in [-0.2, 0) is 4.79 Å². The van der Waals surface area contributed by atoms with Gasteiger partial charge in [0.15, 0.2) is 11.5 Å². The van der Waals surface area contributed by atoms with Crippen LogP contribution in [0, 0.1) is 6.92 Å². The van der Waals surface area contributed by atoms with Gasteiger partial charge in [-0.05, 0) is 55.3 Å². The highest BCUT2D eigenvalue weighted by molar-refractivity contribution is 6.32. The number of nitrogens with zero attached hydrogens (tertiary/aromatic N) is 2. The predicted octanol–water partition coefficient (Wildman–Crippen LogP) is 4.76. The molecule has 1 N–H and O–H groups in total. The molecule has 3 rings (SSSR count). The lowest BCUT2D eigenvalue weighted by Crippen LogP contribution is -2.09. The third-order valence-corrected chi connectivity index (χ3v) is 4.35. The highest BCUT2D eigenvalue weighted by Crippen LogP contribution is 2.36. The number of halogens is 1. The Morgan fingerprint density at radius 1 is 1.31 bits per heavy atom. The van der Waals surface area contributed by atoms with Crippen LogP contribution in [0.15, 0.2) is 47.2 Å². The van der Waals surface area contributed by atoms with Gasteiger partial charge in [-0.25, -0.2) is 0 Å². The zero-order valence-electron chi connectivity index (χ0n) is 16.2. The summed E-state index contributed by atoms with van der Waals surface area (Å²) in [7, 11) is 1.53. The molecule has 29 heavy (non-hydrogen) atoms. The molecule has 1 amide bonds. The quantitative estimate of drug-likeness (QED) is 0.562. The normalized spacial score (nSPS) is 10.9. The van der Waals surface area contributed by atoms with Gasteiger partial charge in [0.1, 0.15) is 0 Å². The smallest absolute Gasteiger partial charge is 0.248 e. The van der Waals surface area contributed by atoms with Crippen LogP contribution in [0.3, 0.4) is 0 Å². The summed E-state index contributed by atoms with van der Waals surface area (Å²) in [6, 6.07) is 8.97. The first-order valence-electron chi connectivity index (χ1n) is 8.88. The number of amides is 1. The van der Waals surface area contributed by atoms with Gasteiger partial charge < -0.3 is 19.2 Å². The molecule has 0 aliphatic heterocycles. The van der Waals surface area contributed by atoms with E-state index in [1.54, 1.807) is 24.3 Å². The van der Waals surface area contributed by atoms with Crippen molar-refractivity contribution >= 4 is 29.3 Å². The van der Waals surface area contributed by atoms with Gasteiger partial charge in [-0.15, -0.1) is 10.2 Å². The molecular weight excluding hydrogens is 394 g/mol. The standard InChI is InChI=1S/C21H20ClN3O4/c1-4-28-18-10-14(9-16(22)20(18)27-3)6-8-19(26)24-17-11-15(7-5-13(17)2)21-25-23-12-29-21/h5-12H,4H2,1-3H3,(H,24,26)/b8-6+. The van der Waals surface area contributed by atoms with E-state index in [0.29, 0.717) is 40.3 Å². The lowest BCUT2D eigenvalue weighted by atomic mass is 10.1. The minimum atomic E-state index is -0.291. The summed E-state index contributed by atoms with van der Waals surface area (Å²) in [5.41, 5.74) is 2.99. The topological polar surface area (TPSA) is 86.5 Å². The summed E-state index contributed by atoms with van der Waals surface area (Å²) in [6.45, 7) is 4.23. The SMILES string of the molecule is CCOc1cc(/C=C/C(=O)Nc2cc(-c3nnco3)ccc2C)cc(Cl)c1OC. The Hall–Kier alpha value is -3.32. The average molecular weight is 414 g/mol. The van der Waals surface area contributed by atoms with Gasteiger partial charge in [0.2, 0.25) is 18.2 Å². The Kier molecular flexibility index (Phi) is 6.51. The van der Waals surface area contributed by atoms with Crippen molar-refractivity contribution in [3.8, 4) is 23.0 Å². The van der Waals surface area contributed by atoms with Crippen molar-refractivity contribution < 1.29 is 18.7 Å². The van der Waals surface area contributed by atoms with Gasteiger partial charge in [-0.2, -0.15) is 0 Å². The molecule has 0 spiro atoms.